The van der Waals surface area contributed by atoms with Crippen LogP contribution in [0.2, 0.25) is 0 Å². The molecule has 0 bridgehead atoms. The maximum absolute atomic E-state index is 3.48. The van der Waals surface area contributed by atoms with Gasteiger partial charge in [0, 0.05) is 29.2 Å². The maximum atomic E-state index is 3.48. The zero-order valence-corrected chi connectivity index (χ0v) is 7.72. The van der Waals surface area contributed by atoms with Crippen molar-refractivity contribution in [3.8, 4) is 0 Å². The summed E-state index contributed by atoms with van der Waals surface area (Å²) in [5.74, 6) is 0. The standard InChI is InChI=1S/C9H7BrN/c1-11-6-5-7-8(10)3-2-4-9(7)11/h2-3,5-6H,1H3. The Morgan fingerprint density at radius 1 is 1.45 bits per heavy atom. The molecule has 1 aromatic carbocycles. The van der Waals surface area contributed by atoms with Gasteiger partial charge in [0.2, 0.25) is 0 Å². The number of nitrogens with zero attached hydrogens (tertiary/aromatic N) is 1. The molecule has 2 heteroatoms. The average molecular weight is 209 g/mol. The Morgan fingerprint density at radius 2 is 2.27 bits per heavy atom. The summed E-state index contributed by atoms with van der Waals surface area (Å²) >= 11 is 3.48. The summed E-state index contributed by atoms with van der Waals surface area (Å²) in [4.78, 5) is 0. The van der Waals surface area contributed by atoms with E-state index in [1.807, 2.05) is 25.4 Å². The third kappa shape index (κ3) is 0.979. The van der Waals surface area contributed by atoms with E-state index >= 15 is 0 Å². The van der Waals surface area contributed by atoms with Crippen molar-refractivity contribution in [1.82, 2.24) is 4.57 Å². The van der Waals surface area contributed by atoms with Crippen molar-refractivity contribution in [3.63, 3.8) is 0 Å². The summed E-state index contributed by atoms with van der Waals surface area (Å²) in [5.41, 5.74) is 1.14. The van der Waals surface area contributed by atoms with Crippen LogP contribution in [-0.4, -0.2) is 4.57 Å². The number of aromatic nitrogens is 1. The van der Waals surface area contributed by atoms with Crippen LogP contribution < -0.4 is 0 Å². The van der Waals surface area contributed by atoms with E-state index in [-0.39, 0.29) is 0 Å². The minimum Gasteiger partial charge on any atom is -0.350 e. The Kier molecular flexibility index (Phi) is 1.50. The van der Waals surface area contributed by atoms with Gasteiger partial charge >= 0.3 is 0 Å². The lowest BCUT2D eigenvalue weighted by Gasteiger charge is -1.95. The highest BCUT2D eigenvalue weighted by Gasteiger charge is 1.99. The zero-order chi connectivity index (χ0) is 7.84. The largest absolute Gasteiger partial charge is 0.350 e. The van der Waals surface area contributed by atoms with Crippen molar-refractivity contribution in [1.29, 1.82) is 0 Å². The average Bonchev–Trinajstić information content (AvgIpc) is 2.35. The molecule has 1 heterocycles. The Balaban J connectivity index is 2.94. The highest BCUT2D eigenvalue weighted by atomic mass is 79.9. The van der Waals surface area contributed by atoms with Crippen molar-refractivity contribution < 1.29 is 0 Å². The lowest BCUT2D eigenvalue weighted by molar-refractivity contribution is 0.968. The van der Waals surface area contributed by atoms with Gasteiger partial charge in [-0.05, 0) is 12.1 Å². The molecule has 2 rings (SSSR count). The van der Waals surface area contributed by atoms with Gasteiger partial charge < -0.3 is 4.57 Å². The molecule has 2 aromatic rings. The molecule has 0 saturated carbocycles. The van der Waals surface area contributed by atoms with Crippen molar-refractivity contribution in [2.24, 2.45) is 7.05 Å². The fourth-order valence-electron chi connectivity index (χ4n) is 1.19. The van der Waals surface area contributed by atoms with Crippen molar-refractivity contribution in [2.45, 2.75) is 0 Å². The minimum atomic E-state index is 1.13. The van der Waals surface area contributed by atoms with E-state index in [0.717, 1.165) is 9.99 Å². The molecular weight excluding hydrogens is 202 g/mol. The summed E-state index contributed by atoms with van der Waals surface area (Å²) in [6, 6.07) is 9.18. The molecule has 0 spiro atoms. The molecule has 0 saturated heterocycles. The monoisotopic (exact) mass is 208 g/mol. The summed E-state index contributed by atoms with van der Waals surface area (Å²) in [6.45, 7) is 0. The number of rotatable bonds is 0. The summed E-state index contributed by atoms with van der Waals surface area (Å²) in [7, 11) is 2.02. The molecule has 0 amide bonds. The summed E-state index contributed by atoms with van der Waals surface area (Å²) in [6.07, 6.45) is 2.03. The third-order valence-electron chi connectivity index (χ3n) is 1.78. The second-order valence-electron chi connectivity index (χ2n) is 2.51. The van der Waals surface area contributed by atoms with Gasteiger partial charge in [0.15, 0.2) is 0 Å². The predicted molar refractivity (Wildman–Crippen MR) is 49.5 cm³/mol. The number of halogens is 1. The molecule has 0 atom stereocenters. The number of aryl methyl sites for hydroxylation is 1. The van der Waals surface area contributed by atoms with Crippen LogP contribution in [0, 0.1) is 6.07 Å². The predicted octanol–water partition coefficient (Wildman–Crippen LogP) is 2.74. The summed E-state index contributed by atoms with van der Waals surface area (Å²) < 4.78 is 3.19. The molecule has 0 unspecified atom stereocenters. The van der Waals surface area contributed by atoms with Gasteiger partial charge in [-0.15, -0.1) is 0 Å². The van der Waals surface area contributed by atoms with Crippen LogP contribution in [0.3, 0.4) is 0 Å². The molecule has 0 aliphatic rings. The van der Waals surface area contributed by atoms with Gasteiger partial charge in [0.05, 0.1) is 5.52 Å². The normalized spacial score (nSPS) is 10.7. The molecule has 0 fully saturated rings. The number of fused-ring (bicyclic) bond motifs is 1. The van der Waals surface area contributed by atoms with Crippen molar-refractivity contribution >= 4 is 26.8 Å². The first kappa shape index (κ1) is 6.92. The maximum Gasteiger partial charge on any atom is 0.0569 e. The van der Waals surface area contributed by atoms with Gasteiger partial charge in [-0.3, -0.25) is 0 Å². The van der Waals surface area contributed by atoms with Crippen molar-refractivity contribution in [3.05, 3.63) is 34.9 Å². The Morgan fingerprint density at radius 3 is 3.00 bits per heavy atom. The summed E-state index contributed by atoms with van der Waals surface area (Å²) in [5, 5.41) is 1.22. The van der Waals surface area contributed by atoms with Gasteiger partial charge in [-0.25, -0.2) is 0 Å². The van der Waals surface area contributed by atoms with E-state index in [4.69, 9.17) is 0 Å². The topological polar surface area (TPSA) is 4.93 Å². The highest BCUT2D eigenvalue weighted by molar-refractivity contribution is 9.10. The van der Waals surface area contributed by atoms with Gasteiger partial charge in [-0.1, -0.05) is 22.0 Å². The second-order valence-corrected chi connectivity index (χ2v) is 3.37. The first-order chi connectivity index (χ1) is 5.29. The van der Waals surface area contributed by atoms with Crippen LogP contribution in [0.4, 0.5) is 0 Å². The molecule has 1 nitrogen and oxygen atoms in total. The molecule has 0 aliphatic carbocycles. The van der Waals surface area contributed by atoms with Crippen LogP contribution in [0.1, 0.15) is 0 Å². The first-order valence-electron chi connectivity index (χ1n) is 3.40. The number of benzene rings is 1. The molecular formula is C9H7BrN. The van der Waals surface area contributed by atoms with Gasteiger partial charge in [-0.2, -0.15) is 0 Å². The van der Waals surface area contributed by atoms with E-state index in [9.17, 15) is 0 Å². The van der Waals surface area contributed by atoms with E-state index in [0.29, 0.717) is 0 Å². The van der Waals surface area contributed by atoms with Gasteiger partial charge in [0.25, 0.3) is 0 Å². The van der Waals surface area contributed by atoms with Crippen molar-refractivity contribution in [2.75, 3.05) is 0 Å². The minimum absolute atomic E-state index is 1.13. The lowest BCUT2D eigenvalue weighted by Crippen LogP contribution is -1.82. The Bertz CT molecular complexity index is 389. The van der Waals surface area contributed by atoms with E-state index < -0.39 is 0 Å². The fraction of sp³-hybridized carbons (Fsp3) is 0.111. The van der Waals surface area contributed by atoms with E-state index in [1.165, 1.54) is 5.39 Å². The van der Waals surface area contributed by atoms with Crippen LogP contribution >= 0.6 is 15.9 Å². The van der Waals surface area contributed by atoms with Crippen LogP contribution in [0.15, 0.2) is 28.9 Å². The first-order valence-corrected chi connectivity index (χ1v) is 4.19. The SMILES string of the molecule is Cn1ccc2c(Br)cc[c]c21. The number of hydrogen-bond donors (Lipinski definition) is 0. The Hall–Kier alpha value is -0.760. The van der Waals surface area contributed by atoms with E-state index in [2.05, 4.69) is 32.6 Å². The molecule has 55 valence electrons. The Labute approximate surface area is 73.8 Å². The molecule has 1 aromatic heterocycles. The fourth-order valence-corrected chi connectivity index (χ4v) is 1.64. The number of hydrogen-bond acceptors (Lipinski definition) is 0. The zero-order valence-electron chi connectivity index (χ0n) is 6.13. The lowest BCUT2D eigenvalue weighted by atomic mass is 10.2. The second kappa shape index (κ2) is 2.38. The smallest absolute Gasteiger partial charge is 0.0569 e. The van der Waals surface area contributed by atoms with Gasteiger partial charge in [0.1, 0.15) is 0 Å². The molecule has 0 aliphatic heterocycles. The molecule has 0 N–H and O–H groups in total. The quantitative estimate of drug-likeness (QED) is 0.628. The van der Waals surface area contributed by atoms with E-state index in [1.54, 1.807) is 0 Å². The highest BCUT2D eigenvalue weighted by Crippen LogP contribution is 2.23. The van der Waals surface area contributed by atoms with Crippen LogP contribution in [0.5, 0.6) is 0 Å². The van der Waals surface area contributed by atoms with Crippen LogP contribution in [0.25, 0.3) is 10.9 Å². The third-order valence-corrected chi connectivity index (χ3v) is 2.47. The molecule has 1 radical (unpaired) electrons. The molecule has 11 heavy (non-hydrogen) atoms. The van der Waals surface area contributed by atoms with Crippen LogP contribution in [-0.2, 0) is 7.05 Å².